The fourth-order valence-electron chi connectivity index (χ4n) is 5.18. The Morgan fingerprint density at radius 3 is 2.50 bits per heavy atom. The molecule has 3 aromatic rings. The van der Waals surface area contributed by atoms with Gasteiger partial charge in [0.05, 0.1) is 12.2 Å². The van der Waals surface area contributed by atoms with Gasteiger partial charge in [-0.05, 0) is 73.0 Å². The number of rotatable bonds is 8. The maximum absolute atomic E-state index is 12.9. The molecule has 200 valence electrons. The van der Waals surface area contributed by atoms with Gasteiger partial charge in [0.25, 0.3) is 5.91 Å². The molecule has 1 saturated heterocycles. The number of carbonyl (C=O) groups excluding carboxylic acids is 1. The van der Waals surface area contributed by atoms with Crippen molar-refractivity contribution in [3.05, 3.63) is 59.8 Å². The molecule has 0 saturated carbocycles. The van der Waals surface area contributed by atoms with Crippen molar-refractivity contribution in [2.75, 3.05) is 24.5 Å². The first kappa shape index (κ1) is 27.4. The Morgan fingerprint density at radius 2 is 1.82 bits per heavy atom. The van der Waals surface area contributed by atoms with E-state index in [0.29, 0.717) is 12.0 Å². The van der Waals surface area contributed by atoms with Crippen molar-refractivity contribution in [2.24, 2.45) is 7.05 Å². The van der Waals surface area contributed by atoms with E-state index < -0.39 is 24.4 Å². The summed E-state index contributed by atoms with van der Waals surface area (Å²) in [5.41, 5.74) is 4.57. The molecule has 1 aromatic heterocycles. The molecule has 3 unspecified atom stereocenters. The largest absolute Gasteiger partial charge is 0.393 e. The highest BCUT2D eigenvalue weighted by atomic mass is 16.6. The summed E-state index contributed by atoms with van der Waals surface area (Å²) < 4.78 is 7.36. The van der Waals surface area contributed by atoms with E-state index in [9.17, 15) is 20.3 Å². The highest BCUT2D eigenvalue weighted by Crippen LogP contribution is 2.31. The van der Waals surface area contributed by atoms with Crippen molar-refractivity contribution in [3.63, 3.8) is 0 Å². The third-order valence-electron chi connectivity index (χ3n) is 7.32. The Balaban J connectivity index is 1.55. The Morgan fingerprint density at radius 1 is 1.11 bits per heavy atom. The maximum atomic E-state index is 12.9. The zero-order valence-corrected chi connectivity index (χ0v) is 22.4. The summed E-state index contributed by atoms with van der Waals surface area (Å²) in [5.74, 6) is -0.513. The lowest BCUT2D eigenvalue weighted by molar-refractivity contribution is -0.187. The van der Waals surface area contributed by atoms with Gasteiger partial charge in [-0.15, -0.1) is 0 Å². The molecule has 1 amide bonds. The van der Waals surface area contributed by atoms with Gasteiger partial charge < -0.3 is 29.7 Å². The average molecular weight is 517 g/mol. The van der Waals surface area contributed by atoms with Gasteiger partial charge in [0.15, 0.2) is 6.29 Å². The van der Waals surface area contributed by atoms with Gasteiger partial charge in [0.1, 0.15) is 11.6 Å². The summed E-state index contributed by atoms with van der Waals surface area (Å²) in [4.78, 5) is 15.2. The second kappa shape index (κ2) is 11.8. The zero-order chi connectivity index (χ0) is 27.4. The van der Waals surface area contributed by atoms with Gasteiger partial charge in [0, 0.05) is 56.6 Å². The molecule has 38 heavy (non-hydrogen) atoms. The van der Waals surface area contributed by atoms with Crippen molar-refractivity contribution in [1.82, 2.24) is 9.88 Å². The molecule has 2 heterocycles. The first-order valence-corrected chi connectivity index (χ1v) is 13.1. The lowest BCUT2D eigenvalue weighted by Crippen LogP contribution is -2.42. The predicted octanol–water partition coefficient (Wildman–Crippen LogP) is 3.96. The van der Waals surface area contributed by atoms with Crippen molar-refractivity contribution < 1.29 is 19.7 Å². The number of aliphatic hydroxyl groups is 2. The average Bonchev–Trinajstić information content (AvgIpc) is 3.28. The zero-order valence-electron chi connectivity index (χ0n) is 22.4. The lowest BCUT2D eigenvalue weighted by atomic mass is 10.0. The molecule has 8 heteroatoms. The van der Waals surface area contributed by atoms with Crippen molar-refractivity contribution in [1.29, 1.82) is 5.26 Å². The van der Waals surface area contributed by atoms with E-state index in [4.69, 9.17) is 4.74 Å². The fraction of sp³-hybridized carbons (Fsp3) is 0.400. The van der Waals surface area contributed by atoms with Crippen molar-refractivity contribution >= 4 is 27.9 Å². The smallest absolute Gasteiger partial charge is 0.262 e. The highest BCUT2D eigenvalue weighted by Gasteiger charge is 2.28. The van der Waals surface area contributed by atoms with Crippen LogP contribution in [0.15, 0.2) is 54.1 Å². The fourth-order valence-corrected chi connectivity index (χ4v) is 5.18. The molecule has 2 aromatic carbocycles. The number of benzene rings is 2. The minimum atomic E-state index is -1.06. The van der Waals surface area contributed by atoms with Crippen LogP contribution in [0.25, 0.3) is 27.6 Å². The second-order valence-electron chi connectivity index (χ2n) is 9.74. The normalized spacial score (nSPS) is 20.1. The molecule has 0 aliphatic carbocycles. The lowest BCUT2D eigenvalue weighted by Gasteiger charge is -2.30. The van der Waals surface area contributed by atoms with Crippen LogP contribution in [0.1, 0.15) is 39.3 Å². The molecule has 3 atom stereocenters. The minimum absolute atomic E-state index is 0.0112. The van der Waals surface area contributed by atoms with Crippen LogP contribution in [0, 0.1) is 11.3 Å². The quantitative estimate of drug-likeness (QED) is 0.309. The van der Waals surface area contributed by atoms with Gasteiger partial charge in [0.2, 0.25) is 0 Å². The third kappa shape index (κ3) is 5.76. The molecule has 0 spiro atoms. The molecule has 8 nitrogen and oxygen atoms in total. The SMILES string of the molecule is CCN(CC)c1ccc2cc(-c3ccc(/C(C)=C(\C#N)C(=O)NCC4CC(O)CC(O)O4)n3C)ccc2c1. The van der Waals surface area contributed by atoms with Crippen LogP contribution in [-0.2, 0) is 16.6 Å². The maximum Gasteiger partial charge on any atom is 0.262 e. The van der Waals surface area contributed by atoms with E-state index in [1.807, 2.05) is 29.8 Å². The van der Waals surface area contributed by atoms with Crippen LogP contribution < -0.4 is 10.2 Å². The van der Waals surface area contributed by atoms with E-state index in [2.05, 4.69) is 60.5 Å². The van der Waals surface area contributed by atoms with E-state index in [0.717, 1.165) is 35.4 Å². The number of nitrogens with one attached hydrogen (secondary N) is 1. The van der Waals surface area contributed by atoms with Gasteiger partial charge >= 0.3 is 0 Å². The number of nitriles is 1. The summed E-state index contributed by atoms with van der Waals surface area (Å²) in [6, 6.07) is 18.8. The van der Waals surface area contributed by atoms with E-state index in [1.54, 1.807) is 6.92 Å². The number of amides is 1. The van der Waals surface area contributed by atoms with Crippen LogP contribution in [0.2, 0.25) is 0 Å². The number of aromatic nitrogens is 1. The van der Waals surface area contributed by atoms with Gasteiger partial charge in [-0.3, -0.25) is 4.79 Å². The van der Waals surface area contributed by atoms with Crippen LogP contribution >= 0.6 is 0 Å². The number of hydrogen-bond acceptors (Lipinski definition) is 6. The van der Waals surface area contributed by atoms with E-state index in [1.165, 1.54) is 11.1 Å². The number of fused-ring (bicyclic) bond motifs is 1. The first-order chi connectivity index (χ1) is 18.2. The van der Waals surface area contributed by atoms with E-state index in [-0.39, 0.29) is 18.5 Å². The van der Waals surface area contributed by atoms with Gasteiger partial charge in [-0.25, -0.2) is 0 Å². The van der Waals surface area contributed by atoms with Gasteiger partial charge in [-0.2, -0.15) is 5.26 Å². The molecular weight excluding hydrogens is 480 g/mol. The van der Waals surface area contributed by atoms with Crippen LogP contribution in [0.5, 0.6) is 0 Å². The summed E-state index contributed by atoms with van der Waals surface area (Å²) in [6.07, 6.45) is -1.80. The number of anilines is 1. The second-order valence-corrected chi connectivity index (χ2v) is 9.74. The Kier molecular flexibility index (Phi) is 8.52. The van der Waals surface area contributed by atoms with Crippen LogP contribution in [0.4, 0.5) is 5.69 Å². The molecule has 1 aliphatic rings. The van der Waals surface area contributed by atoms with Crippen LogP contribution in [0.3, 0.4) is 0 Å². The standard InChI is InChI=1S/C30H36N4O4/c1-5-34(6-2)23-10-9-20-13-22(8-7-21(20)14-23)28-12-11-27(33(28)4)19(3)26(17-31)30(37)32-18-25-15-24(35)16-29(36)38-25/h7-14,24-25,29,35-36H,5-6,15-16,18H2,1-4H3,(H,32,37)/b26-19+. The van der Waals surface area contributed by atoms with Crippen LogP contribution in [-0.4, -0.2) is 58.8 Å². The number of hydrogen-bond donors (Lipinski definition) is 3. The molecular formula is C30H36N4O4. The topological polar surface area (TPSA) is 111 Å². The third-order valence-corrected chi connectivity index (χ3v) is 7.32. The molecule has 3 N–H and O–H groups in total. The number of allylic oxidation sites excluding steroid dienone is 1. The van der Waals surface area contributed by atoms with E-state index >= 15 is 0 Å². The molecule has 0 radical (unpaired) electrons. The molecule has 0 bridgehead atoms. The molecule has 1 fully saturated rings. The Hall–Kier alpha value is -3.64. The highest BCUT2D eigenvalue weighted by molar-refractivity contribution is 6.04. The minimum Gasteiger partial charge on any atom is -0.393 e. The number of aliphatic hydroxyl groups excluding tert-OH is 2. The predicted molar refractivity (Wildman–Crippen MR) is 149 cm³/mol. The number of ether oxygens (including phenoxy) is 1. The summed E-state index contributed by atoms with van der Waals surface area (Å²) in [7, 11) is 1.92. The monoisotopic (exact) mass is 516 g/mol. The number of carbonyl (C=O) groups is 1. The molecule has 4 rings (SSSR count). The van der Waals surface area contributed by atoms with Gasteiger partial charge in [-0.1, -0.05) is 18.2 Å². The number of nitrogens with zero attached hydrogens (tertiary/aromatic N) is 3. The van der Waals surface area contributed by atoms with Crippen molar-refractivity contribution in [3.8, 4) is 17.3 Å². The van der Waals surface area contributed by atoms with Crippen molar-refractivity contribution in [2.45, 2.75) is 52.1 Å². The Labute approximate surface area is 223 Å². The summed E-state index contributed by atoms with van der Waals surface area (Å²) in [6.45, 7) is 8.09. The summed E-state index contributed by atoms with van der Waals surface area (Å²) in [5, 5.41) is 34.3. The Bertz CT molecular complexity index is 1370. The molecule has 1 aliphatic heterocycles. The first-order valence-electron chi connectivity index (χ1n) is 13.1. The summed E-state index contributed by atoms with van der Waals surface area (Å²) >= 11 is 0.